The number of nitriles is 1. The van der Waals surface area contributed by atoms with Crippen molar-refractivity contribution in [3.63, 3.8) is 0 Å². The SMILES string of the molecule is Cc1nn2cc(Cc3nc4cnc5ccc(C#N)cc5c4n3[C@@H]3CCO[C@H](C)C3)nc2s1. The predicted octanol–water partition coefficient (Wildman–Crippen LogP) is 4.20. The molecule has 1 aliphatic heterocycles. The molecule has 9 heteroatoms. The van der Waals surface area contributed by atoms with Crippen LogP contribution in [0, 0.1) is 18.3 Å². The normalized spacial score (nSPS) is 19.2. The Kier molecular flexibility index (Phi) is 4.45. The second kappa shape index (κ2) is 7.36. The molecular formula is C23H21N7OS. The van der Waals surface area contributed by atoms with Gasteiger partial charge in [-0.3, -0.25) is 4.98 Å². The summed E-state index contributed by atoms with van der Waals surface area (Å²) < 4.78 is 10.0. The van der Waals surface area contributed by atoms with E-state index in [1.54, 1.807) is 11.3 Å². The zero-order valence-corrected chi connectivity index (χ0v) is 18.6. The minimum atomic E-state index is 0.187. The number of ether oxygens (including phenoxy) is 1. The maximum atomic E-state index is 9.47. The summed E-state index contributed by atoms with van der Waals surface area (Å²) in [4.78, 5) is 15.3. The fourth-order valence-electron chi connectivity index (χ4n) is 4.71. The van der Waals surface area contributed by atoms with E-state index in [1.807, 2.05) is 42.0 Å². The monoisotopic (exact) mass is 443 g/mol. The Hall–Kier alpha value is -3.35. The topological polar surface area (TPSA) is 93.9 Å². The van der Waals surface area contributed by atoms with Gasteiger partial charge < -0.3 is 9.30 Å². The highest BCUT2D eigenvalue weighted by atomic mass is 32.1. The minimum absolute atomic E-state index is 0.187. The smallest absolute Gasteiger partial charge is 0.212 e. The molecule has 1 aromatic carbocycles. The van der Waals surface area contributed by atoms with Crippen LogP contribution in [0.5, 0.6) is 0 Å². The van der Waals surface area contributed by atoms with E-state index in [4.69, 9.17) is 14.7 Å². The first-order valence-electron chi connectivity index (χ1n) is 10.7. The van der Waals surface area contributed by atoms with Gasteiger partial charge in [0, 0.05) is 24.5 Å². The third-order valence-electron chi connectivity index (χ3n) is 6.07. The van der Waals surface area contributed by atoms with Crippen molar-refractivity contribution in [3.8, 4) is 6.07 Å². The van der Waals surface area contributed by atoms with Gasteiger partial charge in [0.25, 0.3) is 0 Å². The zero-order valence-electron chi connectivity index (χ0n) is 17.8. The molecule has 0 saturated carbocycles. The van der Waals surface area contributed by atoms with Gasteiger partial charge in [-0.15, -0.1) is 0 Å². The fourth-order valence-corrected chi connectivity index (χ4v) is 5.46. The summed E-state index contributed by atoms with van der Waals surface area (Å²) in [6.45, 7) is 4.83. The molecule has 1 aliphatic rings. The molecule has 0 bridgehead atoms. The molecule has 5 aromatic rings. The molecule has 0 N–H and O–H groups in total. The van der Waals surface area contributed by atoms with Gasteiger partial charge in [-0.25, -0.2) is 14.5 Å². The van der Waals surface area contributed by atoms with Gasteiger partial charge in [-0.05, 0) is 44.9 Å². The number of benzene rings is 1. The Labute approximate surface area is 188 Å². The fraction of sp³-hybridized carbons (Fsp3) is 0.348. The van der Waals surface area contributed by atoms with Crippen LogP contribution in [0.25, 0.3) is 26.9 Å². The van der Waals surface area contributed by atoms with Gasteiger partial charge in [0.1, 0.15) is 16.3 Å². The first-order chi connectivity index (χ1) is 15.6. The molecule has 1 fully saturated rings. The Bertz CT molecular complexity index is 1490. The maximum absolute atomic E-state index is 9.47. The molecule has 0 amide bonds. The summed E-state index contributed by atoms with van der Waals surface area (Å²) in [7, 11) is 0. The van der Waals surface area contributed by atoms with Crippen molar-refractivity contribution < 1.29 is 4.74 Å². The first-order valence-corrected chi connectivity index (χ1v) is 11.5. The van der Waals surface area contributed by atoms with Gasteiger partial charge >= 0.3 is 0 Å². The number of hydrogen-bond donors (Lipinski definition) is 0. The van der Waals surface area contributed by atoms with Crippen molar-refractivity contribution in [3.05, 3.63) is 52.7 Å². The van der Waals surface area contributed by atoms with Crippen molar-refractivity contribution in [1.29, 1.82) is 5.26 Å². The number of aryl methyl sites for hydroxylation is 1. The number of nitrogens with zero attached hydrogens (tertiary/aromatic N) is 7. The molecule has 0 spiro atoms. The molecule has 0 aliphatic carbocycles. The molecule has 6 rings (SSSR count). The lowest BCUT2D eigenvalue weighted by atomic mass is 10.0. The van der Waals surface area contributed by atoms with Crippen LogP contribution in [0.2, 0.25) is 0 Å². The third-order valence-corrected chi connectivity index (χ3v) is 6.91. The van der Waals surface area contributed by atoms with E-state index in [0.29, 0.717) is 12.0 Å². The second-order valence-electron chi connectivity index (χ2n) is 8.35. The van der Waals surface area contributed by atoms with Crippen molar-refractivity contribution in [1.82, 2.24) is 29.1 Å². The molecule has 32 heavy (non-hydrogen) atoms. The van der Waals surface area contributed by atoms with Crippen LogP contribution < -0.4 is 0 Å². The maximum Gasteiger partial charge on any atom is 0.212 e. The summed E-state index contributed by atoms with van der Waals surface area (Å²) >= 11 is 1.58. The largest absolute Gasteiger partial charge is 0.378 e. The van der Waals surface area contributed by atoms with Crippen molar-refractivity contribution in [2.75, 3.05) is 6.61 Å². The van der Waals surface area contributed by atoms with Gasteiger partial charge in [0.05, 0.1) is 46.9 Å². The van der Waals surface area contributed by atoms with Crippen molar-refractivity contribution >= 4 is 38.2 Å². The second-order valence-corrected chi connectivity index (χ2v) is 9.51. The van der Waals surface area contributed by atoms with E-state index in [1.165, 1.54) is 0 Å². The lowest BCUT2D eigenvalue weighted by molar-refractivity contribution is 0.00631. The van der Waals surface area contributed by atoms with Crippen LogP contribution in [0.4, 0.5) is 0 Å². The van der Waals surface area contributed by atoms with Crippen LogP contribution in [0.1, 0.15) is 47.9 Å². The molecule has 5 heterocycles. The Morgan fingerprint density at radius 2 is 2.19 bits per heavy atom. The molecule has 0 radical (unpaired) electrons. The van der Waals surface area contributed by atoms with E-state index in [9.17, 15) is 5.26 Å². The van der Waals surface area contributed by atoms with Crippen LogP contribution in [-0.2, 0) is 11.2 Å². The molecule has 160 valence electrons. The highest BCUT2D eigenvalue weighted by Gasteiger charge is 2.27. The third kappa shape index (κ3) is 3.15. The van der Waals surface area contributed by atoms with E-state index < -0.39 is 0 Å². The highest BCUT2D eigenvalue weighted by Crippen LogP contribution is 2.34. The Morgan fingerprint density at radius 3 is 3.00 bits per heavy atom. The van der Waals surface area contributed by atoms with Crippen molar-refractivity contribution in [2.45, 2.75) is 45.3 Å². The van der Waals surface area contributed by atoms with E-state index >= 15 is 0 Å². The molecule has 4 aromatic heterocycles. The standard InChI is InChI=1S/C23H21N7OS/c1-13-7-17(5-6-31-13)30-21(9-16-12-29-23(26-16)32-14(2)28-29)27-20-11-25-19-4-3-15(10-24)8-18(19)22(20)30/h3-4,8,11-13,17H,5-7,9H2,1-2H3/t13-,17-/m1/s1. The summed E-state index contributed by atoms with van der Waals surface area (Å²) in [5.74, 6) is 0.957. The van der Waals surface area contributed by atoms with Crippen molar-refractivity contribution in [2.24, 2.45) is 0 Å². The zero-order chi connectivity index (χ0) is 21.8. The number of fused-ring (bicyclic) bond motifs is 4. The van der Waals surface area contributed by atoms with Gasteiger partial charge in [0.2, 0.25) is 4.96 Å². The number of rotatable bonds is 3. The predicted molar refractivity (Wildman–Crippen MR) is 122 cm³/mol. The molecule has 8 nitrogen and oxygen atoms in total. The van der Waals surface area contributed by atoms with Crippen LogP contribution in [0.3, 0.4) is 0 Å². The number of pyridine rings is 1. The lowest BCUT2D eigenvalue weighted by Crippen LogP contribution is -2.26. The highest BCUT2D eigenvalue weighted by molar-refractivity contribution is 7.16. The number of imidazole rings is 2. The number of aromatic nitrogens is 6. The van der Waals surface area contributed by atoms with E-state index in [0.717, 1.165) is 62.9 Å². The first kappa shape index (κ1) is 19.3. The Morgan fingerprint density at radius 1 is 1.28 bits per heavy atom. The summed E-state index contributed by atoms with van der Waals surface area (Å²) in [6, 6.07) is 8.17. The molecular weight excluding hydrogens is 422 g/mol. The van der Waals surface area contributed by atoms with E-state index in [-0.39, 0.29) is 12.1 Å². The van der Waals surface area contributed by atoms with Gasteiger partial charge in [0.15, 0.2) is 0 Å². The van der Waals surface area contributed by atoms with Crippen LogP contribution in [0.15, 0.2) is 30.6 Å². The average Bonchev–Trinajstić information content (AvgIpc) is 3.43. The Balaban J connectivity index is 1.56. The summed E-state index contributed by atoms with van der Waals surface area (Å²) in [5.41, 5.74) is 4.31. The van der Waals surface area contributed by atoms with Gasteiger partial charge in [-0.2, -0.15) is 10.4 Å². The van der Waals surface area contributed by atoms with E-state index in [2.05, 4.69) is 27.6 Å². The van der Waals surface area contributed by atoms with Crippen LogP contribution in [-0.4, -0.2) is 41.8 Å². The molecule has 1 saturated heterocycles. The summed E-state index contributed by atoms with van der Waals surface area (Å²) in [5, 5.41) is 15.9. The lowest BCUT2D eigenvalue weighted by Gasteiger charge is -2.30. The number of hydrogen-bond acceptors (Lipinski definition) is 7. The molecule has 0 unspecified atom stereocenters. The average molecular weight is 444 g/mol. The van der Waals surface area contributed by atoms with Crippen LogP contribution >= 0.6 is 11.3 Å². The molecule has 2 atom stereocenters. The minimum Gasteiger partial charge on any atom is -0.378 e. The summed E-state index contributed by atoms with van der Waals surface area (Å²) in [6.07, 6.45) is 6.45. The quantitative estimate of drug-likeness (QED) is 0.415. The van der Waals surface area contributed by atoms with Gasteiger partial charge in [-0.1, -0.05) is 11.3 Å².